The zero-order valence-corrected chi connectivity index (χ0v) is 13.5. The predicted molar refractivity (Wildman–Crippen MR) is 87.4 cm³/mol. The molecule has 3 rings (SSSR count). The maximum Gasteiger partial charge on any atom is 0.272 e. The van der Waals surface area contributed by atoms with Gasteiger partial charge in [-0.05, 0) is 31.9 Å². The van der Waals surface area contributed by atoms with Crippen molar-refractivity contribution in [2.45, 2.75) is 32.4 Å². The van der Waals surface area contributed by atoms with Crippen LogP contribution in [0.15, 0.2) is 29.1 Å². The molecule has 122 valence electrons. The number of aromatic nitrogens is 2. The number of likely N-dealkylation sites (tertiary alicyclic amines) is 1. The van der Waals surface area contributed by atoms with Crippen molar-refractivity contribution in [2.24, 2.45) is 0 Å². The van der Waals surface area contributed by atoms with Crippen LogP contribution in [0.3, 0.4) is 0 Å². The number of aryl methyl sites for hydroxylation is 1. The number of fused-ring (bicyclic) bond motifs is 1. The first-order valence-corrected chi connectivity index (χ1v) is 7.86. The van der Waals surface area contributed by atoms with Gasteiger partial charge in [0.1, 0.15) is 12.2 Å². The van der Waals surface area contributed by atoms with E-state index in [0.717, 1.165) is 24.9 Å². The molecule has 1 fully saturated rings. The highest BCUT2D eigenvalue weighted by molar-refractivity contribution is 5.80. The quantitative estimate of drug-likeness (QED) is 0.854. The van der Waals surface area contributed by atoms with E-state index in [9.17, 15) is 9.59 Å². The minimum atomic E-state index is -0.209. The van der Waals surface area contributed by atoms with Crippen LogP contribution >= 0.6 is 0 Å². The third-order valence-electron chi connectivity index (χ3n) is 4.37. The van der Waals surface area contributed by atoms with E-state index in [2.05, 4.69) is 4.98 Å². The highest BCUT2D eigenvalue weighted by atomic mass is 16.5. The average Bonchev–Trinajstić information content (AvgIpc) is 3.00. The Balaban J connectivity index is 1.93. The molecule has 1 atom stereocenters. The van der Waals surface area contributed by atoms with Crippen LogP contribution in [0.5, 0.6) is 0 Å². The molecule has 6 heteroatoms. The van der Waals surface area contributed by atoms with Crippen LogP contribution in [-0.4, -0.2) is 46.7 Å². The van der Waals surface area contributed by atoms with Crippen LogP contribution in [0, 0.1) is 6.92 Å². The molecule has 0 radical (unpaired) electrons. The Morgan fingerprint density at radius 2 is 2.17 bits per heavy atom. The monoisotopic (exact) mass is 315 g/mol. The zero-order valence-electron chi connectivity index (χ0n) is 13.5. The summed E-state index contributed by atoms with van der Waals surface area (Å²) in [5.41, 5.74) is 1.62. The van der Waals surface area contributed by atoms with Crippen LogP contribution in [0.4, 0.5) is 0 Å². The van der Waals surface area contributed by atoms with E-state index in [1.54, 1.807) is 14.0 Å². The molecule has 0 saturated carbocycles. The molecule has 1 aliphatic heterocycles. The third kappa shape index (κ3) is 2.99. The van der Waals surface area contributed by atoms with E-state index in [4.69, 9.17) is 4.74 Å². The summed E-state index contributed by atoms with van der Waals surface area (Å²) in [5, 5.41) is 0. The Labute approximate surface area is 134 Å². The number of hydrogen-bond donors (Lipinski definition) is 0. The molecule has 1 aromatic carbocycles. The zero-order chi connectivity index (χ0) is 16.4. The molecule has 1 saturated heterocycles. The molecule has 1 aromatic heterocycles. The summed E-state index contributed by atoms with van der Waals surface area (Å²) in [5.74, 6) is -0.0394. The molecule has 0 spiro atoms. The number of benzene rings is 1. The highest BCUT2D eigenvalue weighted by Crippen LogP contribution is 2.18. The van der Waals surface area contributed by atoms with Gasteiger partial charge >= 0.3 is 0 Å². The fourth-order valence-electron chi connectivity index (χ4n) is 3.23. The molecule has 23 heavy (non-hydrogen) atoms. The average molecular weight is 315 g/mol. The summed E-state index contributed by atoms with van der Waals surface area (Å²) in [4.78, 5) is 31.3. The lowest BCUT2D eigenvalue weighted by atomic mass is 10.2. The van der Waals surface area contributed by atoms with Crippen LogP contribution in [0.25, 0.3) is 11.0 Å². The van der Waals surface area contributed by atoms with Gasteiger partial charge in [-0.15, -0.1) is 0 Å². The van der Waals surface area contributed by atoms with Crippen LogP contribution in [0.2, 0.25) is 0 Å². The Bertz CT molecular complexity index is 784. The second kappa shape index (κ2) is 6.50. The summed E-state index contributed by atoms with van der Waals surface area (Å²) >= 11 is 0. The van der Waals surface area contributed by atoms with E-state index < -0.39 is 0 Å². The number of methoxy groups -OCH3 is 1. The van der Waals surface area contributed by atoms with Gasteiger partial charge in [0.2, 0.25) is 5.91 Å². The normalized spacial score (nSPS) is 17.8. The van der Waals surface area contributed by atoms with Crippen molar-refractivity contribution in [3.05, 3.63) is 40.3 Å². The fraction of sp³-hybridized carbons (Fsp3) is 0.471. The number of hydrogen-bond acceptors (Lipinski definition) is 4. The van der Waals surface area contributed by atoms with E-state index >= 15 is 0 Å². The summed E-state index contributed by atoms with van der Waals surface area (Å²) in [6, 6.07) is 7.51. The maximum absolute atomic E-state index is 12.7. The lowest BCUT2D eigenvalue weighted by molar-refractivity contribution is -0.133. The number of para-hydroxylation sites is 2. The molecule has 2 aromatic rings. The smallest absolute Gasteiger partial charge is 0.272 e. The number of rotatable bonds is 4. The number of ether oxygens (including phenoxy) is 1. The Morgan fingerprint density at radius 1 is 1.39 bits per heavy atom. The summed E-state index contributed by atoms with van der Waals surface area (Å²) in [6.45, 7) is 2.99. The minimum absolute atomic E-state index is 0.0394. The van der Waals surface area contributed by atoms with Gasteiger partial charge in [-0.3, -0.25) is 14.2 Å². The molecular weight excluding hydrogens is 294 g/mol. The molecular formula is C17H21N3O3. The Morgan fingerprint density at radius 3 is 2.96 bits per heavy atom. The standard InChI is InChI=1S/C17H21N3O3/c1-12-17(22)20(15-8-4-3-7-14(15)18-12)10-16(21)19-9-5-6-13(19)11-23-2/h3-4,7-8,13H,5-6,9-11H2,1-2H3/t13-/m0/s1. The Hall–Kier alpha value is -2.21. The lowest BCUT2D eigenvalue weighted by Crippen LogP contribution is -2.41. The van der Waals surface area contributed by atoms with Gasteiger partial charge in [-0.25, -0.2) is 4.98 Å². The lowest BCUT2D eigenvalue weighted by Gasteiger charge is -2.24. The molecule has 0 bridgehead atoms. The molecule has 1 amide bonds. The first-order chi connectivity index (χ1) is 11.1. The van der Waals surface area contributed by atoms with Crippen molar-refractivity contribution in [1.82, 2.24) is 14.5 Å². The van der Waals surface area contributed by atoms with E-state index in [0.29, 0.717) is 17.8 Å². The van der Waals surface area contributed by atoms with E-state index in [-0.39, 0.29) is 24.1 Å². The van der Waals surface area contributed by atoms with Crippen molar-refractivity contribution < 1.29 is 9.53 Å². The largest absolute Gasteiger partial charge is 0.383 e. The first kappa shape index (κ1) is 15.7. The molecule has 2 heterocycles. The number of amides is 1. The van der Waals surface area contributed by atoms with Crippen LogP contribution in [-0.2, 0) is 16.1 Å². The topological polar surface area (TPSA) is 64.4 Å². The minimum Gasteiger partial charge on any atom is -0.383 e. The number of nitrogens with zero attached hydrogens (tertiary/aromatic N) is 3. The van der Waals surface area contributed by atoms with Gasteiger partial charge in [0.25, 0.3) is 5.56 Å². The van der Waals surface area contributed by atoms with Gasteiger partial charge in [-0.1, -0.05) is 12.1 Å². The van der Waals surface area contributed by atoms with E-state index in [1.807, 2.05) is 29.2 Å². The van der Waals surface area contributed by atoms with Crippen LogP contribution in [0.1, 0.15) is 18.5 Å². The molecule has 0 aliphatic carbocycles. The molecule has 0 N–H and O–H groups in total. The Kier molecular flexibility index (Phi) is 4.43. The third-order valence-corrected chi connectivity index (χ3v) is 4.37. The van der Waals surface area contributed by atoms with Gasteiger partial charge in [0.15, 0.2) is 0 Å². The van der Waals surface area contributed by atoms with Gasteiger partial charge in [-0.2, -0.15) is 0 Å². The summed E-state index contributed by atoms with van der Waals surface area (Å²) < 4.78 is 6.73. The fourth-order valence-corrected chi connectivity index (χ4v) is 3.23. The molecule has 0 unspecified atom stereocenters. The van der Waals surface area contributed by atoms with Crippen molar-refractivity contribution >= 4 is 16.9 Å². The van der Waals surface area contributed by atoms with Gasteiger partial charge in [0.05, 0.1) is 23.7 Å². The van der Waals surface area contributed by atoms with Crippen molar-refractivity contribution in [2.75, 3.05) is 20.3 Å². The van der Waals surface area contributed by atoms with Crippen molar-refractivity contribution in [3.8, 4) is 0 Å². The second-order valence-electron chi connectivity index (χ2n) is 5.92. The predicted octanol–water partition coefficient (Wildman–Crippen LogP) is 1.34. The number of carbonyl (C=O) groups excluding carboxylic acids is 1. The molecule has 6 nitrogen and oxygen atoms in total. The molecule has 1 aliphatic rings. The van der Waals surface area contributed by atoms with Crippen LogP contribution < -0.4 is 5.56 Å². The van der Waals surface area contributed by atoms with Gasteiger partial charge < -0.3 is 9.64 Å². The van der Waals surface area contributed by atoms with E-state index in [1.165, 1.54) is 4.57 Å². The SMILES string of the molecule is COC[C@@H]1CCCN1C(=O)Cn1c(=O)c(C)nc2ccccc21. The van der Waals surface area contributed by atoms with Crippen molar-refractivity contribution in [1.29, 1.82) is 0 Å². The highest BCUT2D eigenvalue weighted by Gasteiger charge is 2.29. The summed E-state index contributed by atoms with van der Waals surface area (Å²) in [7, 11) is 1.64. The second-order valence-corrected chi connectivity index (χ2v) is 5.92. The van der Waals surface area contributed by atoms with Gasteiger partial charge in [0, 0.05) is 13.7 Å². The summed E-state index contributed by atoms with van der Waals surface area (Å²) in [6.07, 6.45) is 1.93. The van der Waals surface area contributed by atoms with Crippen molar-refractivity contribution in [3.63, 3.8) is 0 Å². The maximum atomic E-state index is 12.7. The first-order valence-electron chi connectivity index (χ1n) is 7.86. The number of carbonyl (C=O) groups is 1.